The first-order chi connectivity index (χ1) is 16.8. The van der Waals surface area contributed by atoms with Crippen LogP contribution in [0.1, 0.15) is 71.3 Å². The molecule has 2 aliphatic heterocycles. The topological polar surface area (TPSA) is 101 Å². The van der Waals surface area contributed by atoms with Crippen LogP contribution >= 0.6 is 0 Å². The lowest BCUT2D eigenvalue weighted by molar-refractivity contribution is -0.180. The number of carbonyl (C=O) groups excluding carboxylic acids is 2. The molecule has 2 fully saturated rings. The van der Waals surface area contributed by atoms with Crippen LogP contribution in [0.2, 0.25) is 0 Å². The lowest BCUT2D eigenvalue weighted by Gasteiger charge is -2.37. The molecule has 8 heteroatoms. The van der Waals surface area contributed by atoms with Gasteiger partial charge in [0.2, 0.25) is 0 Å². The fourth-order valence-electron chi connectivity index (χ4n) is 4.86. The lowest BCUT2D eigenvalue weighted by Crippen LogP contribution is -2.46. The number of rotatable bonds is 13. The predicted molar refractivity (Wildman–Crippen MR) is 129 cm³/mol. The van der Waals surface area contributed by atoms with Crippen molar-refractivity contribution in [2.24, 2.45) is 0 Å². The standard InChI is InChI=1S/C27H40O8/c1-4-31-26(30)17-25-20(29)12-13-22(33-25)21(32-18-19-9-6-5-7-10-19)14-15-24-23(11-8-16-28)34-27(2,3)35-24/h5-7,9-10,16,20-25,29H,4,8,11-15,17-18H2,1-3H3/t20-,21+,22+,23+,24+,25+/m1/s1. The maximum Gasteiger partial charge on any atom is 0.308 e. The zero-order valence-corrected chi connectivity index (χ0v) is 21.1. The molecule has 0 saturated carbocycles. The second kappa shape index (κ2) is 13.5. The molecule has 0 radical (unpaired) electrons. The molecule has 0 bridgehead atoms. The number of benzene rings is 1. The molecule has 8 nitrogen and oxygen atoms in total. The minimum atomic E-state index is -0.717. The lowest BCUT2D eigenvalue weighted by atomic mass is 9.93. The number of hydrogen-bond acceptors (Lipinski definition) is 8. The van der Waals surface area contributed by atoms with Crippen LogP contribution in [0.5, 0.6) is 0 Å². The summed E-state index contributed by atoms with van der Waals surface area (Å²) in [5.41, 5.74) is 1.06. The third-order valence-electron chi connectivity index (χ3n) is 6.51. The number of aliphatic hydroxyl groups excluding tert-OH is 1. The fraction of sp³-hybridized carbons (Fsp3) is 0.704. The molecule has 1 N–H and O–H groups in total. The monoisotopic (exact) mass is 492 g/mol. The van der Waals surface area contributed by atoms with Gasteiger partial charge in [0.15, 0.2) is 5.79 Å². The van der Waals surface area contributed by atoms with Crippen molar-refractivity contribution in [3.63, 3.8) is 0 Å². The molecule has 2 heterocycles. The predicted octanol–water partition coefficient (Wildman–Crippen LogP) is 3.71. The first kappa shape index (κ1) is 27.7. The van der Waals surface area contributed by atoms with Gasteiger partial charge < -0.3 is 33.6 Å². The van der Waals surface area contributed by atoms with E-state index in [-0.39, 0.29) is 36.8 Å². The Morgan fingerprint density at radius 1 is 1.14 bits per heavy atom. The van der Waals surface area contributed by atoms with Crippen LogP contribution in [-0.2, 0) is 39.9 Å². The summed E-state index contributed by atoms with van der Waals surface area (Å²) >= 11 is 0. The van der Waals surface area contributed by atoms with Gasteiger partial charge >= 0.3 is 5.97 Å². The number of aldehydes is 1. The van der Waals surface area contributed by atoms with E-state index in [1.54, 1.807) is 6.92 Å². The van der Waals surface area contributed by atoms with E-state index < -0.39 is 18.0 Å². The van der Waals surface area contributed by atoms with Crippen molar-refractivity contribution in [2.45, 2.75) is 115 Å². The van der Waals surface area contributed by atoms with Crippen LogP contribution in [-0.4, -0.2) is 66.4 Å². The van der Waals surface area contributed by atoms with Crippen molar-refractivity contribution in [1.82, 2.24) is 0 Å². The molecule has 0 unspecified atom stereocenters. The van der Waals surface area contributed by atoms with Gasteiger partial charge in [-0.25, -0.2) is 0 Å². The van der Waals surface area contributed by atoms with Crippen LogP contribution in [0.15, 0.2) is 30.3 Å². The molecule has 3 rings (SSSR count). The van der Waals surface area contributed by atoms with E-state index in [1.165, 1.54) is 0 Å². The van der Waals surface area contributed by atoms with Crippen LogP contribution < -0.4 is 0 Å². The van der Waals surface area contributed by atoms with Gasteiger partial charge in [0.25, 0.3) is 0 Å². The fourth-order valence-corrected chi connectivity index (χ4v) is 4.86. The van der Waals surface area contributed by atoms with Gasteiger partial charge in [0, 0.05) is 6.42 Å². The van der Waals surface area contributed by atoms with Crippen molar-refractivity contribution in [2.75, 3.05) is 6.61 Å². The maximum absolute atomic E-state index is 12.0. The van der Waals surface area contributed by atoms with Crippen molar-refractivity contribution in [3.8, 4) is 0 Å². The van der Waals surface area contributed by atoms with Crippen molar-refractivity contribution < 1.29 is 38.4 Å². The van der Waals surface area contributed by atoms with Gasteiger partial charge in [-0.15, -0.1) is 0 Å². The Bertz CT molecular complexity index is 783. The molecule has 1 aromatic rings. The molecule has 1 aromatic carbocycles. The van der Waals surface area contributed by atoms with Crippen LogP contribution in [0.4, 0.5) is 0 Å². The zero-order chi connectivity index (χ0) is 25.3. The van der Waals surface area contributed by atoms with Crippen LogP contribution in [0, 0.1) is 0 Å². The summed E-state index contributed by atoms with van der Waals surface area (Å²) in [5.74, 6) is -1.08. The minimum Gasteiger partial charge on any atom is -0.466 e. The largest absolute Gasteiger partial charge is 0.466 e. The second-order valence-corrected chi connectivity index (χ2v) is 9.74. The Hall–Kier alpha value is -1.84. The normalized spacial score (nSPS) is 29.0. The molecule has 0 spiro atoms. The highest BCUT2D eigenvalue weighted by molar-refractivity contribution is 5.70. The van der Waals surface area contributed by atoms with Gasteiger partial charge in [-0.2, -0.15) is 0 Å². The SMILES string of the molecule is CCOC(=O)C[C@@H]1O[C@H]([C@H](CC[C@@H]2OC(C)(C)O[C@H]2CCC=O)OCc2ccccc2)CC[C@H]1O. The molecule has 0 aromatic heterocycles. The summed E-state index contributed by atoms with van der Waals surface area (Å²) < 4.78 is 29.8. The summed E-state index contributed by atoms with van der Waals surface area (Å²) in [4.78, 5) is 22.9. The summed E-state index contributed by atoms with van der Waals surface area (Å²) in [6, 6.07) is 9.93. The third kappa shape index (κ3) is 8.65. The Labute approximate surface area is 208 Å². The smallest absolute Gasteiger partial charge is 0.308 e. The van der Waals surface area contributed by atoms with E-state index in [9.17, 15) is 14.7 Å². The first-order valence-electron chi connectivity index (χ1n) is 12.7. The van der Waals surface area contributed by atoms with E-state index in [0.717, 1.165) is 11.8 Å². The molecule has 6 atom stereocenters. The van der Waals surface area contributed by atoms with Gasteiger partial charge in [-0.1, -0.05) is 30.3 Å². The Balaban J connectivity index is 1.67. The number of hydrogen-bond donors (Lipinski definition) is 1. The molecule has 0 aliphatic carbocycles. The van der Waals surface area contributed by atoms with Gasteiger partial charge in [-0.05, 0) is 58.4 Å². The molecule has 35 heavy (non-hydrogen) atoms. The quantitative estimate of drug-likeness (QED) is 0.329. The highest BCUT2D eigenvalue weighted by atomic mass is 16.7. The average Bonchev–Trinajstić information content (AvgIpc) is 3.13. The van der Waals surface area contributed by atoms with E-state index in [4.69, 9.17) is 23.7 Å². The zero-order valence-electron chi connectivity index (χ0n) is 21.1. The second-order valence-electron chi connectivity index (χ2n) is 9.74. The minimum absolute atomic E-state index is 0.0123. The summed E-state index contributed by atoms with van der Waals surface area (Å²) in [5, 5.41) is 10.4. The first-order valence-corrected chi connectivity index (χ1v) is 12.7. The highest BCUT2D eigenvalue weighted by Gasteiger charge is 2.42. The number of aliphatic hydroxyl groups is 1. The van der Waals surface area contributed by atoms with E-state index in [2.05, 4.69) is 0 Å². The molecule has 0 amide bonds. The van der Waals surface area contributed by atoms with Crippen LogP contribution in [0.3, 0.4) is 0 Å². The number of ether oxygens (including phenoxy) is 5. The Kier molecular flexibility index (Phi) is 10.7. The van der Waals surface area contributed by atoms with Gasteiger partial charge in [-0.3, -0.25) is 4.79 Å². The average molecular weight is 493 g/mol. The highest BCUT2D eigenvalue weighted by Crippen LogP contribution is 2.35. The Morgan fingerprint density at radius 2 is 1.86 bits per heavy atom. The molecular formula is C27H40O8. The molecule has 2 aliphatic rings. The van der Waals surface area contributed by atoms with E-state index in [0.29, 0.717) is 51.7 Å². The summed E-state index contributed by atoms with van der Waals surface area (Å²) in [7, 11) is 0. The molecule has 2 saturated heterocycles. The van der Waals surface area contributed by atoms with Crippen LogP contribution in [0.25, 0.3) is 0 Å². The van der Waals surface area contributed by atoms with Crippen molar-refractivity contribution in [1.29, 1.82) is 0 Å². The van der Waals surface area contributed by atoms with E-state index >= 15 is 0 Å². The van der Waals surface area contributed by atoms with Gasteiger partial charge in [0.05, 0.1) is 56.3 Å². The number of carbonyl (C=O) groups is 2. The summed E-state index contributed by atoms with van der Waals surface area (Å²) in [6.45, 7) is 6.24. The molecular weight excluding hydrogens is 452 g/mol. The third-order valence-corrected chi connectivity index (χ3v) is 6.51. The van der Waals surface area contributed by atoms with Crippen molar-refractivity contribution in [3.05, 3.63) is 35.9 Å². The van der Waals surface area contributed by atoms with Crippen molar-refractivity contribution >= 4 is 12.3 Å². The Morgan fingerprint density at radius 3 is 2.54 bits per heavy atom. The number of esters is 1. The summed E-state index contributed by atoms with van der Waals surface area (Å²) in [6.07, 6.45) is 2.25. The van der Waals surface area contributed by atoms with E-state index in [1.807, 2.05) is 44.2 Å². The molecule has 196 valence electrons. The van der Waals surface area contributed by atoms with Gasteiger partial charge in [0.1, 0.15) is 6.29 Å². The maximum atomic E-state index is 12.0.